The van der Waals surface area contributed by atoms with Crippen molar-refractivity contribution in [2.45, 2.75) is 53.8 Å². The Hall–Kier alpha value is -0.120. The van der Waals surface area contributed by atoms with Crippen molar-refractivity contribution in [3.63, 3.8) is 0 Å². The van der Waals surface area contributed by atoms with Crippen molar-refractivity contribution in [3.8, 4) is 0 Å². The van der Waals surface area contributed by atoms with Crippen LogP contribution in [0.1, 0.15) is 41.5 Å². The first-order valence-corrected chi connectivity index (χ1v) is 5.85. The van der Waals surface area contributed by atoms with Gasteiger partial charge in [-0.15, -0.1) is 0 Å². The molecule has 0 aromatic carbocycles. The standard InChI is InChI=1S/C12H27N3/c1-11(2,3)9-8-13-10(12(4,5)6)14-15(9)7/h9-10,13-14H,8H2,1-7H3. The molecule has 0 aliphatic carbocycles. The van der Waals surface area contributed by atoms with Crippen LogP contribution in [0.5, 0.6) is 0 Å². The van der Waals surface area contributed by atoms with Gasteiger partial charge in [-0.05, 0) is 10.8 Å². The maximum Gasteiger partial charge on any atom is 0.0755 e. The van der Waals surface area contributed by atoms with Gasteiger partial charge in [0.25, 0.3) is 0 Å². The van der Waals surface area contributed by atoms with E-state index in [0.29, 0.717) is 17.6 Å². The summed E-state index contributed by atoms with van der Waals surface area (Å²) in [7, 11) is 2.15. The first kappa shape index (κ1) is 12.9. The van der Waals surface area contributed by atoms with Crippen LogP contribution in [-0.2, 0) is 0 Å². The van der Waals surface area contributed by atoms with E-state index in [0.717, 1.165) is 6.54 Å². The van der Waals surface area contributed by atoms with Gasteiger partial charge in [-0.2, -0.15) is 0 Å². The summed E-state index contributed by atoms with van der Waals surface area (Å²) >= 11 is 0. The Labute approximate surface area is 94.6 Å². The molecule has 1 saturated heterocycles. The fourth-order valence-corrected chi connectivity index (χ4v) is 2.09. The Bertz CT molecular complexity index is 212. The third kappa shape index (κ3) is 3.16. The average molecular weight is 213 g/mol. The molecular formula is C12H27N3. The highest BCUT2D eigenvalue weighted by atomic mass is 15.6. The fraction of sp³-hybridized carbons (Fsp3) is 1.00. The number of nitrogens with zero attached hydrogens (tertiary/aromatic N) is 1. The predicted octanol–water partition coefficient (Wildman–Crippen LogP) is 1.81. The molecule has 0 amide bonds. The molecule has 3 heteroatoms. The van der Waals surface area contributed by atoms with E-state index < -0.39 is 0 Å². The Morgan fingerprint density at radius 3 is 1.87 bits per heavy atom. The minimum absolute atomic E-state index is 0.247. The van der Waals surface area contributed by atoms with E-state index in [1.165, 1.54) is 0 Å². The zero-order valence-electron chi connectivity index (χ0n) is 11.3. The number of nitrogens with one attached hydrogen (secondary N) is 2. The molecule has 0 spiro atoms. The highest BCUT2D eigenvalue weighted by Gasteiger charge is 2.36. The molecule has 1 heterocycles. The topological polar surface area (TPSA) is 27.3 Å². The van der Waals surface area contributed by atoms with Crippen molar-refractivity contribution in [1.29, 1.82) is 0 Å². The van der Waals surface area contributed by atoms with Crippen LogP contribution in [0.15, 0.2) is 0 Å². The van der Waals surface area contributed by atoms with E-state index >= 15 is 0 Å². The zero-order valence-corrected chi connectivity index (χ0v) is 11.3. The summed E-state index contributed by atoms with van der Waals surface area (Å²) in [4.78, 5) is 0. The third-order valence-corrected chi connectivity index (χ3v) is 3.18. The lowest BCUT2D eigenvalue weighted by atomic mass is 9.84. The molecule has 0 radical (unpaired) electrons. The lowest BCUT2D eigenvalue weighted by molar-refractivity contribution is -0.0132. The van der Waals surface area contributed by atoms with Gasteiger partial charge in [0, 0.05) is 19.6 Å². The monoisotopic (exact) mass is 213 g/mol. The molecule has 2 atom stereocenters. The third-order valence-electron chi connectivity index (χ3n) is 3.18. The molecule has 15 heavy (non-hydrogen) atoms. The Morgan fingerprint density at radius 1 is 1.00 bits per heavy atom. The van der Waals surface area contributed by atoms with E-state index in [-0.39, 0.29) is 5.41 Å². The first-order valence-electron chi connectivity index (χ1n) is 5.85. The summed E-state index contributed by atoms with van der Waals surface area (Å²) in [5.74, 6) is 0. The van der Waals surface area contributed by atoms with Gasteiger partial charge in [0.05, 0.1) is 6.17 Å². The van der Waals surface area contributed by atoms with E-state index in [4.69, 9.17) is 0 Å². The Balaban J connectivity index is 2.64. The smallest absolute Gasteiger partial charge is 0.0755 e. The molecule has 1 aliphatic heterocycles. The van der Waals surface area contributed by atoms with Crippen LogP contribution in [0, 0.1) is 10.8 Å². The van der Waals surface area contributed by atoms with Crippen LogP contribution in [0.3, 0.4) is 0 Å². The highest BCUT2D eigenvalue weighted by Crippen LogP contribution is 2.27. The van der Waals surface area contributed by atoms with Crippen LogP contribution in [-0.4, -0.2) is 30.8 Å². The molecule has 90 valence electrons. The normalized spacial score (nSPS) is 30.6. The van der Waals surface area contributed by atoms with Crippen molar-refractivity contribution >= 4 is 0 Å². The number of hydrazine groups is 1. The summed E-state index contributed by atoms with van der Waals surface area (Å²) in [5.41, 5.74) is 4.09. The molecule has 2 N–H and O–H groups in total. The number of rotatable bonds is 0. The van der Waals surface area contributed by atoms with E-state index in [2.05, 4.69) is 64.3 Å². The van der Waals surface area contributed by atoms with Gasteiger partial charge in [0.1, 0.15) is 0 Å². The van der Waals surface area contributed by atoms with Gasteiger partial charge in [-0.3, -0.25) is 5.32 Å². The minimum Gasteiger partial charge on any atom is -0.299 e. The van der Waals surface area contributed by atoms with E-state index in [1.807, 2.05) is 0 Å². The minimum atomic E-state index is 0.247. The number of hydrogen-bond acceptors (Lipinski definition) is 3. The van der Waals surface area contributed by atoms with Crippen molar-refractivity contribution in [2.24, 2.45) is 10.8 Å². The molecule has 1 rings (SSSR count). The van der Waals surface area contributed by atoms with E-state index in [9.17, 15) is 0 Å². The molecule has 0 saturated carbocycles. The van der Waals surface area contributed by atoms with Crippen LogP contribution < -0.4 is 10.7 Å². The summed E-state index contributed by atoms with van der Waals surface area (Å²) in [6.07, 6.45) is 0.362. The summed E-state index contributed by atoms with van der Waals surface area (Å²) in [6, 6.07) is 0.538. The maximum absolute atomic E-state index is 3.59. The first-order chi connectivity index (χ1) is 6.62. The molecule has 0 bridgehead atoms. The van der Waals surface area contributed by atoms with Gasteiger partial charge in [0.2, 0.25) is 0 Å². The number of hydrogen-bond donors (Lipinski definition) is 2. The van der Waals surface area contributed by atoms with Crippen LogP contribution in [0.4, 0.5) is 0 Å². The molecule has 1 fully saturated rings. The maximum atomic E-state index is 3.59. The lowest BCUT2D eigenvalue weighted by Gasteiger charge is -2.48. The molecule has 2 unspecified atom stereocenters. The number of likely N-dealkylation sites (N-methyl/N-ethyl adjacent to an activating group) is 1. The van der Waals surface area contributed by atoms with Crippen molar-refractivity contribution in [3.05, 3.63) is 0 Å². The van der Waals surface area contributed by atoms with Gasteiger partial charge in [-0.1, -0.05) is 41.5 Å². The second kappa shape index (κ2) is 4.04. The predicted molar refractivity (Wildman–Crippen MR) is 65.4 cm³/mol. The molecule has 1 aliphatic rings. The fourth-order valence-electron chi connectivity index (χ4n) is 2.09. The Kier molecular flexibility index (Phi) is 3.49. The quantitative estimate of drug-likeness (QED) is 0.643. The van der Waals surface area contributed by atoms with Gasteiger partial charge < -0.3 is 0 Å². The second-order valence-electron chi connectivity index (χ2n) is 6.83. The average Bonchev–Trinajstić information content (AvgIpc) is 1.99. The summed E-state index contributed by atoms with van der Waals surface area (Å²) < 4.78 is 0. The molecule has 3 nitrogen and oxygen atoms in total. The summed E-state index contributed by atoms with van der Waals surface area (Å²) in [6.45, 7) is 14.7. The van der Waals surface area contributed by atoms with Gasteiger partial charge in [-0.25, -0.2) is 10.4 Å². The zero-order chi connectivity index (χ0) is 11.9. The van der Waals surface area contributed by atoms with Crippen LogP contribution >= 0.6 is 0 Å². The van der Waals surface area contributed by atoms with Crippen LogP contribution in [0.25, 0.3) is 0 Å². The van der Waals surface area contributed by atoms with Gasteiger partial charge in [0.15, 0.2) is 0 Å². The van der Waals surface area contributed by atoms with Crippen molar-refractivity contribution in [2.75, 3.05) is 13.6 Å². The van der Waals surface area contributed by atoms with Gasteiger partial charge >= 0.3 is 0 Å². The SMILES string of the molecule is CN1NC(C(C)(C)C)NCC1C(C)(C)C. The highest BCUT2D eigenvalue weighted by molar-refractivity contribution is 4.90. The molecular weight excluding hydrogens is 186 g/mol. The van der Waals surface area contributed by atoms with Crippen molar-refractivity contribution in [1.82, 2.24) is 15.8 Å². The molecule has 0 aromatic heterocycles. The lowest BCUT2D eigenvalue weighted by Crippen LogP contribution is -2.68. The van der Waals surface area contributed by atoms with E-state index in [1.54, 1.807) is 0 Å². The molecule has 0 aromatic rings. The summed E-state index contributed by atoms with van der Waals surface area (Å²) in [5, 5.41) is 5.86. The van der Waals surface area contributed by atoms with Crippen LogP contribution in [0.2, 0.25) is 0 Å². The largest absolute Gasteiger partial charge is 0.299 e. The van der Waals surface area contributed by atoms with Crippen molar-refractivity contribution < 1.29 is 0 Å². The second-order valence-corrected chi connectivity index (χ2v) is 6.83. The Morgan fingerprint density at radius 2 is 1.53 bits per heavy atom.